The average Bonchev–Trinajstić information content (AvgIpc) is 2.40. The molecule has 0 bridgehead atoms. The van der Waals surface area contributed by atoms with E-state index in [4.69, 9.17) is 10.2 Å². The second kappa shape index (κ2) is 5.30. The monoisotopic (exact) mass is 291 g/mol. The molecule has 0 fully saturated rings. The lowest BCUT2D eigenvalue weighted by Crippen LogP contribution is -2.26. The second-order valence-electron chi connectivity index (χ2n) is 4.25. The predicted octanol–water partition coefficient (Wildman–Crippen LogP) is 1.36. The number of hydrogen-bond acceptors (Lipinski definition) is 5. The van der Waals surface area contributed by atoms with Crippen molar-refractivity contribution in [2.75, 3.05) is 0 Å². The Kier molecular flexibility index (Phi) is 3.71. The molecule has 0 atom stereocenters. The summed E-state index contributed by atoms with van der Waals surface area (Å²) >= 11 is 4.64. The quantitative estimate of drug-likeness (QED) is 0.334. The van der Waals surface area contributed by atoms with Crippen molar-refractivity contribution < 1.29 is 9.52 Å². The molecule has 4 N–H and O–H groups in total. The number of nitrogens with zero attached hydrogens (tertiary/aromatic N) is 1. The molecule has 7 heteroatoms. The van der Waals surface area contributed by atoms with E-state index in [0.29, 0.717) is 27.8 Å². The van der Waals surface area contributed by atoms with Crippen LogP contribution >= 0.6 is 12.2 Å². The third kappa shape index (κ3) is 2.62. The molecule has 0 saturated heterocycles. The topological polar surface area (TPSA) is 101 Å². The van der Waals surface area contributed by atoms with Gasteiger partial charge in [0.15, 0.2) is 5.11 Å². The van der Waals surface area contributed by atoms with Crippen LogP contribution in [0.5, 0.6) is 5.75 Å². The number of hydrazone groups is 1. The van der Waals surface area contributed by atoms with E-state index in [1.165, 1.54) is 0 Å². The summed E-state index contributed by atoms with van der Waals surface area (Å²) in [4.78, 5) is 12.0. The maximum absolute atomic E-state index is 12.0. The molecule has 104 valence electrons. The first-order valence-corrected chi connectivity index (χ1v) is 6.17. The van der Waals surface area contributed by atoms with Crippen LogP contribution in [-0.4, -0.2) is 15.9 Å². The normalized spacial score (nSPS) is 11.6. The van der Waals surface area contributed by atoms with Gasteiger partial charge in [-0.1, -0.05) is 0 Å². The highest BCUT2D eigenvalue weighted by molar-refractivity contribution is 7.80. The van der Waals surface area contributed by atoms with Gasteiger partial charge in [0.2, 0.25) is 0 Å². The van der Waals surface area contributed by atoms with Gasteiger partial charge in [0.25, 0.3) is 0 Å². The number of phenolic OH excluding ortho intramolecular Hbond substituents is 1. The summed E-state index contributed by atoms with van der Waals surface area (Å²) in [6, 6.07) is 4.85. The number of phenols is 1. The molecule has 0 unspecified atom stereocenters. The zero-order chi connectivity index (χ0) is 14.9. The van der Waals surface area contributed by atoms with Crippen LogP contribution in [0, 0.1) is 6.92 Å². The maximum atomic E-state index is 12.0. The molecule has 0 aliphatic carbocycles. The fraction of sp³-hybridized carbons (Fsp3) is 0.154. The molecular weight excluding hydrogens is 278 g/mol. The smallest absolute Gasteiger partial charge is 0.345 e. The number of hydrogen-bond donors (Lipinski definition) is 3. The van der Waals surface area contributed by atoms with Crippen LogP contribution in [0.4, 0.5) is 0 Å². The highest BCUT2D eigenvalue weighted by Crippen LogP contribution is 2.25. The Hall–Kier alpha value is -2.41. The van der Waals surface area contributed by atoms with Gasteiger partial charge in [0.1, 0.15) is 11.3 Å². The van der Waals surface area contributed by atoms with Gasteiger partial charge >= 0.3 is 5.63 Å². The predicted molar refractivity (Wildman–Crippen MR) is 81.0 cm³/mol. The van der Waals surface area contributed by atoms with Crippen molar-refractivity contribution in [1.82, 2.24) is 5.43 Å². The third-order valence-electron chi connectivity index (χ3n) is 2.85. The fourth-order valence-electron chi connectivity index (χ4n) is 1.76. The van der Waals surface area contributed by atoms with Crippen LogP contribution in [-0.2, 0) is 0 Å². The lowest BCUT2D eigenvalue weighted by Gasteiger charge is -2.05. The summed E-state index contributed by atoms with van der Waals surface area (Å²) in [5.41, 5.74) is 8.71. The zero-order valence-corrected chi connectivity index (χ0v) is 11.7. The minimum Gasteiger partial charge on any atom is -0.508 e. The molecule has 0 radical (unpaired) electrons. The molecule has 2 aromatic rings. The van der Waals surface area contributed by atoms with Crippen LogP contribution in [0.2, 0.25) is 0 Å². The maximum Gasteiger partial charge on any atom is 0.345 e. The van der Waals surface area contributed by atoms with Gasteiger partial charge in [-0.25, -0.2) is 4.79 Å². The first-order valence-electron chi connectivity index (χ1n) is 5.76. The van der Waals surface area contributed by atoms with Crippen LogP contribution in [0.1, 0.15) is 18.1 Å². The van der Waals surface area contributed by atoms with Crippen molar-refractivity contribution in [3.63, 3.8) is 0 Å². The van der Waals surface area contributed by atoms with Gasteiger partial charge in [0, 0.05) is 10.9 Å². The lowest BCUT2D eigenvalue weighted by molar-refractivity contribution is 0.468. The Morgan fingerprint density at radius 1 is 1.50 bits per heavy atom. The Bertz CT molecular complexity index is 780. The second-order valence-corrected chi connectivity index (χ2v) is 4.69. The first kappa shape index (κ1) is 14.0. The van der Waals surface area contributed by atoms with E-state index in [2.05, 4.69) is 22.7 Å². The summed E-state index contributed by atoms with van der Waals surface area (Å²) in [5.74, 6) is 0.0777. The van der Waals surface area contributed by atoms with Gasteiger partial charge in [0.05, 0.1) is 11.3 Å². The summed E-state index contributed by atoms with van der Waals surface area (Å²) in [7, 11) is 0. The zero-order valence-electron chi connectivity index (χ0n) is 10.9. The van der Waals surface area contributed by atoms with Crippen LogP contribution in [0.3, 0.4) is 0 Å². The Morgan fingerprint density at radius 2 is 2.20 bits per heavy atom. The molecular formula is C13H13N3O3S. The summed E-state index contributed by atoms with van der Waals surface area (Å²) < 4.78 is 5.24. The van der Waals surface area contributed by atoms with Crippen molar-refractivity contribution >= 4 is 34.0 Å². The van der Waals surface area contributed by atoms with E-state index in [-0.39, 0.29) is 10.9 Å². The van der Waals surface area contributed by atoms with Gasteiger partial charge in [-0.3, -0.25) is 5.43 Å². The number of benzene rings is 1. The molecule has 0 spiro atoms. The summed E-state index contributed by atoms with van der Waals surface area (Å²) in [5, 5.41) is 14.2. The summed E-state index contributed by atoms with van der Waals surface area (Å²) in [6.07, 6.45) is 0. The molecule has 1 heterocycles. The number of thiocarbonyl (C=S) groups is 1. The van der Waals surface area contributed by atoms with E-state index in [1.807, 2.05) is 0 Å². The average molecular weight is 291 g/mol. The number of rotatable bonds is 2. The highest BCUT2D eigenvalue weighted by atomic mass is 32.1. The van der Waals surface area contributed by atoms with Crippen molar-refractivity contribution in [1.29, 1.82) is 0 Å². The molecule has 1 aromatic heterocycles. The van der Waals surface area contributed by atoms with Gasteiger partial charge in [-0.05, 0) is 44.3 Å². The molecule has 20 heavy (non-hydrogen) atoms. The fourth-order valence-corrected chi connectivity index (χ4v) is 1.81. The number of fused-ring (bicyclic) bond motifs is 1. The van der Waals surface area contributed by atoms with Gasteiger partial charge in [-0.2, -0.15) is 5.10 Å². The van der Waals surface area contributed by atoms with E-state index in [1.54, 1.807) is 32.0 Å². The standard InChI is InChI=1S/C13H13N3O3S/c1-6-10(17)4-3-8-5-9(12(18)19-11(6)8)7(2)15-16-13(14)20/h3-5,17H,1-2H3,(H3,14,16,20)/b15-7-. The molecule has 1 aromatic carbocycles. The minimum absolute atomic E-state index is 0.00953. The van der Waals surface area contributed by atoms with Crippen molar-refractivity contribution in [3.05, 3.63) is 39.7 Å². The number of nitrogens with two attached hydrogens (primary N) is 1. The summed E-state index contributed by atoms with van der Waals surface area (Å²) in [6.45, 7) is 3.31. The molecule has 0 aliphatic rings. The van der Waals surface area contributed by atoms with Crippen molar-refractivity contribution in [3.8, 4) is 5.75 Å². The largest absolute Gasteiger partial charge is 0.508 e. The first-order chi connectivity index (χ1) is 9.40. The van der Waals surface area contributed by atoms with Crippen molar-refractivity contribution in [2.24, 2.45) is 10.8 Å². The van der Waals surface area contributed by atoms with Crippen LogP contribution in [0.25, 0.3) is 11.0 Å². The molecule has 2 rings (SSSR count). The minimum atomic E-state index is -0.544. The number of aromatic hydroxyl groups is 1. The SMILES string of the molecule is C/C(=N/NC(N)=S)c1cc2ccc(O)c(C)c2oc1=O. The molecule has 0 amide bonds. The third-order valence-corrected chi connectivity index (χ3v) is 2.94. The Morgan fingerprint density at radius 3 is 2.85 bits per heavy atom. The lowest BCUT2D eigenvalue weighted by atomic mass is 10.1. The van der Waals surface area contributed by atoms with Gasteiger partial charge < -0.3 is 15.3 Å². The number of nitrogens with one attached hydrogen (secondary N) is 1. The molecule has 6 nitrogen and oxygen atoms in total. The van der Waals surface area contributed by atoms with Crippen LogP contribution < -0.4 is 16.8 Å². The molecule has 0 aliphatic heterocycles. The van der Waals surface area contributed by atoms with E-state index >= 15 is 0 Å². The Labute approximate surface area is 119 Å². The molecule has 0 saturated carbocycles. The van der Waals surface area contributed by atoms with Crippen LogP contribution in [0.15, 0.2) is 32.5 Å². The highest BCUT2D eigenvalue weighted by Gasteiger charge is 2.11. The van der Waals surface area contributed by atoms with Gasteiger partial charge in [-0.15, -0.1) is 0 Å². The Balaban J connectivity index is 2.60. The van der Waals surface area contributed by atoms with E-state index < -0.39 is 5.63 Å². The van der Waals surface area contributed by atoms with E-state index in [0.717, 1.165) is 0 Å². The number of aryl methyl sites for hydroxylation is 1. The van der Waals surface area contributed by atoms with Crippen molar-refractivity contribution in [2.45, 2.75) is 13.8 Å². The van der Waals surface area contributed by atoms with E-state index in [9.17, 15) is 9.90 Å².